The zero-order chi connectivity index (χ0) is 15.3. The summed E-state index contributed by atoms with van der Waals surface area (Å²) in [5.74, 6) is 0.440. The molecule has 2 N–H and O–H groups in total. The third-order valence-electron chi connectivity index (χ3n) is 3.90. The van der Waals surface area contributed by atoms with Crippen molar-refractivity contribution >= 4 is 16.9 Å². The van der Waals surface area contributed by atoms with Crippen LogP contribution in [-0.4, -0.2) is 47.3 Å². The van der Waals surface area contributed by atoms with Gasteiger partial charge < -0.3 is 4.90 Å². The average molecular weight is 299 g/mol. The van der Waals surface area contributed by atoms with Gasteiger partial charge in [-0.2, -0.15) is 10.2 Å². The van der Waals surface area contributed by atoms with Crippen LogP contribution in [0.3, 0.4) is 0 Å². The molecular weight excluding hydrogens is 286 g/mol. The van der Waals surface area contributed by atoms with Gasteiger partial charge in [0, 0.05) is 30.4 Å². The van der Waals surface area contributed by atoms with Crippen molar-refractivity contribution < 1.29 is 4.79 Å². The van der Waals surface area contributed by atoms with Crippen LogP contribution >= 0.6 is 0 Å². The summed E-state index contributed by atoms with van der Waals surface area (Å²) in [4.78, 5) is 30.0. The van der Waals surface area contributed by atoms with Gasteiger partial charge in [0.15, 0.2) is 11.5 Å². The van der Waals surface area contributed by atoms with Crippen molar-refractivity contribution in [1.82, 2.24) is 34.8 Å². The van der Waals surface area contributed by atoms with Crippen LogP contribution < -0.4 is 5.69 Å². The molecule has 1 aliphatic rings. The number of aryl methyl sites for hydroxylation is 1. The number of nitrogens with one attached hydrogen (secondary N) is 2. The molecule has 9 heteroatoms. The molecule has 4 heterocycles. The summed E-state index contributed by atoms with van der Waals surface area (Å²) in [7, 11) is 0. The van der Waals surface area contributed by atoms with Crippen LogP contribution in [0.25, 0.3) is 11.0 Å². The van der Waals surface area contributed by atoms with Crippen molar-refractivity contribution in [1.29, 1.82) is 0 Å². The van der Waals surface area contributed by atoms with Crippen LogP contribution in [0, 0.1) is 6.92 Å². The predicted molar refractivity (Wildman–Crippen MR) is 76.2 cm³/mol. The number of carbonyl (C=O) groups excluding carboxylic acids is 1. The van der Waals surface area contributed by atoms with E-state index in [9.17, 15) is 9.59 Å². The maximum Gasteiger partial charge on any atom is 0.343 e. The fraction of sp³-hybridized carbons (Fsp3) is 0.308. The second-order valence-corrected chi connectivity index (χ2v) is 5.27. The lowest BCUT2D eigenvalue weighted by molar-refractivity contribution is 0.0706. The molecule has 0 unspecified atom stereocenters. The van der Waals surface area contributed by atoms with Crippen molar-refractivity contribution in [2.24, 2.45) is 0 Å². The molecule has 0 atom stereocenters. The lowest BCUT2D eigenvalue weighted by atomic mass is 10.2. The second-order valence-electron chi connectivity index (χ2n) is 5.27. The van der Waals surface area contributed by atoms with Crippen LogP contribution in [0.5, 0.6) is 0 Å². The Morgan fingerprint density at radius 1 is 1.27 bits per heavy atom. The Labute approximate surface area is 124 Å². The molecule has 3 aromatic heterocycles. The van der Waals surface area contributed by atoms with Crippen molar-refractivity contribution in [3.05, 3.63) is 39.8 Å². The molecule has 0 saturated carbocycles. The first-order valence-electron chi connectivity index (χ1n) is 6.87. The number of hydrogen-bond acceptors (Lipinski definition) is 5. The summed E-state index contributed by atoms with van der Waals surface area (Å²) < 4.78 is 1.55. The molecule has 22 heavy (non-hydrogen) atoms. The van der Waals surface area contributed by atoms with Gasteiger partial charge in [0.2, 0.25) is 0 Å². The van der Waals surface area contributed by atoms with Gasteiger partial charge in [0.25, 0.3) is 5.91 Å². The predicted octanol–water partition coefficient (Wildman–Crippen LogP) is -0.193. The third kappa shape index (κ3) is 1.82. The molecule has 1 aliphatic heterocycles. The van der Waals surface area contributed by atoms with Crippen LogP contribution in [0.1, 0.15) is 21.9 Å². The first kappa shape index (κ1) is 12.7. The Kier molecular flexibility index (Phi) is 2.62. The molecular formula is C13H13N7O2. The number of hydrogen-bond donors (Lipinski definition) is 2. The van der Waals surface area contributed by atoms with Crippen LogP contribution in [0.15, 0.2) is 17.1 Å². The molecule has 0 bridgehead atoms. The molecule has 0 radical (unpaired) electrons. The third-order valence-corrected chi connectivity index (χ3v) is 3.90. The minimum absolute atomic E-state index is 0.128. The zero-order valence-electron chi connectivity index (χ0n) is 11.8. The number of carbonyl (C=O) groups is 1. The molecule has 0 aliphatic carbocycles. The van der Waals surface area contributed by atoms with Crippen LogP contribution in [-0.2, 0) is 13.1 Å². The normalized spacial score (nSPS) is 14.3. The van der Waals surface area contributed by atoms with E-state index in [1.165, 1.54) is 6.20 Å². The van der Waals surface area contributed by atoms with Gasteiger partial charge in [0.05, 0.1) is 12.1 Å². The van der Waals surface area contributed by atoms with Crippen molar-refractivity contribution in [3.63, 3.8) is 0 Å². The molecule has 0 aromatic carbocycles. The highest BCUT2D eigenvalue weighted by Crippen LogP contribution is 2.17. The van der Waals surface area contributed by atoms with Gasteiger partial charge >= 0.3 is 5.69 Å². The SMILES string of the molecule is Cc1[nH]nc2ncc(C(=O)N3CCn4c(n[nH]c4=O)C3)cc12. The van der Waals surface area contributed by atoms with Gasteiger partial charge in [0.1, 0.15) is 0 Å². The van der Waals surface area contributed by atoms with E-state index in [1.807, 2.05) is 6.92 Å². The number of rotatable bonds is 1. The fourth-order valence-corrected chi connectivity index (χ4v) is 2.66. The van der Waals surface area contributed by atoms with E-state index in [0.29, 0.717) is 36.7 Å². The van der Waals surface area contributed by atoms with Crippen molar-refractivity contribution in [2.75, 3.05) is 6.54 Å². The Hall–Kier alpha value is -2.97. The number of amides is 1. The lowest BCUT2D eigenvalue weighted by Crippen LogP contribution is -2.40. The first-order chi connectivity index (χ1) is 10.6. The van der Waals surface area contributed by atoms with E-state index in [-0.39, 0.29) is 11.6 Å². The first-order valence-corrected chi connectivity index (χ1v) is 6.87. The number of pyridine rings is 1. The second kappa shape index (κ2) is 4.52. The fourth-order valence-electron chi connectivity index (χ4n) is 2.66. The van der Waals surface area contributed by atoms with E-state index in [1.54, 1.807) is 15.5 Å². The van der Waals surface area contributed by atoms with Gasteiger partial charge in [-0.3, -0.25) is 14.5 Å². The van der Waals surface area contributed by atoms with E-state index in [2.05, 4.69) is 25.4 Å². The van der Waals surface area contributed by atoms with Gasteiger partial charge in [-0.25, -0.2) is 14.9 Å². The monoisotopic (exact) mass is 299 g/mol. The highest BCUT2D eigenvalue weighted by atomic mass is 16.2. The minimum Gasteiger partial charge on any atom is -0.329 e. The minimum atomic E-state index is -0.237. The molecule has 9 nitrogen and oxygen atoms in total. The standard InChI is InChI=1S/C13H13N7O2/c1-7-9-4-8(5-14-11(9)17-15-7)12(21)19-2-3-20-10(6-19)16-18-13(20)22/h4-5H,2-3,6H2,1H3,(H,18,22)(H,14,15,17). The Morgan fingerprint density at radius 2 is 2.14 bits per heavy atom. The summed E-state index contributed by atoms with van der Waals surface area (Å²) in [6, 6.07) is 1.79. The Bertz CT molecular complexity index is 935. The van der Waals surface area contributed by atoms with Gasteiger partial charge in [-0.15, -0.1) is 0 Å². The lowest BCUT2D eigenvalue weighted by Gasteiger charge is -2.26. The number of aromatic amines is 2. The number of H-pyrrole nitrogens is 2. The summed E-state index contributed by atoms with van der Waals surface area (Å²) in [5, 5.41) is 14.1. The quantitative estimate of drug-likeness (QED) is 0.646. The number of fused-ring (bicyclic) bond motifs is 2. The largest absolute Gasteiger partial charge is 0.343 e. The van der Waals surface area contributed by atoms with Crippen molar-refractivity contribution in [2.45, 2.75) is 20.0 Å². The Balaban J connectivity index is 1.66. The van der Waals surface area contributed by atoms with E-state index in [0.717, 1.165) is 11.1 Å². The topological polar surface area (TPSA) is 113 Å². The van der Waals surface area contributed by atoms with Gasteiger partial charge in [-0.1, -0.05) is 0 Å². The maximum atomic E-state index is 12.6. The van der Waals surface area contributed by atoms with E-state index >= 15 is 0 Å². The van der Waals surface area contributed by atoms with E-state index < -0.39 is 0 Å². The maximum absolute atomic E-state index is 12.6. The molecule has 112 valence electrons. The molecule has 0 saturated heterocycles. The summed E-state index contributed by atoms with van der Waals surface area (Å²) in [6.45, 7) is 3.10. The summed E-state index contributed by atoms with van der Waals surface area (Å²) in [5.41, 5.74) is 1.73. The number of aromatic nitrogens is 6. The zero-order valence-corrected chi connectivity index (χ0v) is 11.8. The Morgan fingerprint density at radius 3 is 3.00 bits per heavy atom. The van der Waals surface area contributed by atoms with Crippen molar-refractivity contribution in [3.8, 4) is 0 Å². The smallest absolute Gasteiger partial charge is 0.329 e. The highest BCUT2D eigenvalue weighted by molar-refractivity contribution is 5.97. The van der Waals surface area contributed by atoms with Gasteiger partial charge in [-0.05, 0) is 13.0 Å². The average Bonchev–Trinajstić information content (AvgIpc) is 3.10. The molecule has 4 rings (SSSR count). The highest BCUT2D eigenvalue weighted by Gasteiger charge is 2.24. The van der Waals surface area contributed by atoms with Crippen LogP contribution in [0.4, 0.5) is 0 Å². The molecule has 1 amide bonds. The molecule has 0 spiro atoms. The summed E-state index contributed by atoms with van der Waals surface area (Å²) >= 11 is 0. The molecule has 3 aromatic rings. The van der Waals surface area contributed by atoms with Crippen LogP contribution in [0.2, 0.25) is 0 Å². The molecule has 0 fully saturated rings. The van der Waals surface area contributed by atoms with E-state index in [4.69, 9.17) is 0 Å². The summed E-state index contributed by atoms with van der Waals surface area (Å²) in [6.07, 6.45) is 1.52. The number of nitrogens with zero attached hydrogens (tertiary/aromatic N) is 5.